The topological polar surface area (TPSA) is 57.8 Å². The highest BCUT2D eigenvalue weighted by atomic mass is 16.1. The quantitative estimate of drug-likeness (QED) is 0.717. The molecule has 0 spiro atoms. The van der Waals surface area contributed by atoms with Crippen LogP contribution in [0, 0.1) is 0 Å². The second kappa shape index (κ2) is 4.37. The molecule has 1 unspecified atom stereocenters. The number of aromatic amines is 1. The lowest BCUT2D eigenvalue weighted by atomic mass is 10.0. The molecule has 0 aliphatic carbocycles. The van der Waals surface area contributed by atoms with Gasteiger partial charge in [-0.3, -0.25) is 0 Å². The second-order valence-electron chi connectivity index (χ2n) is 3.75. The predicted molar refractivity (Wildman–Crippen MR) is 54.2 cm³/mol. The van der Waals surface area contributed by atoms with Gasteiger partial charge in [0.1, 0.15) is 0 Å². The van der Waals surface area contributed by atoms with E-state index in [1.165, 1.54) is 19.3 Å². The number of hydrogen-bond acceptors (Lipinski definition) is 3. The molecule has 1 fully saturated rings. The molecule has 0 saturated carbocycles. The first-order valence-corrected chi connectivity index (χ1v) is 5.12. The van der Waals surface area contributed by atoms with E-state index in [4.69, 9.17) is 0 Å². The Morgan fingerprint density at radius 1 is 1.50 bits per heavy atom. The highest BCUT2D eigenvalue weighted by Crippen LogP contribution is 2.10. The molecule has 4 nitrogen and oxygen atoms in total. The molecular formula is C10H15N3O. The summed E-state index contributed by atoms with van der Waals surface area (Å²) in [4.78, 5) is 17.3. The van der Waals surface area contributed by atoms with Crippen molar-refractivity contribution in [2.24, 2.45) is 0 Å². The Hall–Kier alpha value is -1.16. The van der Waals surface area contributed by atoms with Gasteiger partial charge in [-0.15, -0.1) is 0 Å². The number of H-pyrrole nitrogens is 1. The van der Waals surface area contributed by atoms with Gasteiger partial charge in [-0.2, -0.15) is 0 Å². The van der Waals surface area contributed by atoms with Gasteiger partial charge in [-0.25, -0.2) is 9.78 Å². The molecule has 0 amide bonds. The van der Waals surface area contributed by atoms with Crippen LogP contribution in [0.4, 0.5) is 0 Å². The summed E-state index contributed by atoms with van der Waals surface area (Å²) in [5.74, 6) is 0. The average molecular weight is 193 g/mol. The van der Waals surface area contributed by atoms with Gasteiger partial charge in [0.05, 0.1) is 0 Å². The van der Waals surface area contributed by atoms with Crippen molar-refractivity contribution in [3.63, 3.8) is 0 Å². The summed E-state index contributed by atoms with van der Waals surface area (Å²) in [5.41, 5.74) is 0.725. The van der Waals surface area contributed by atoms with Gasteiger partial charge >= 0.3 is 5.69 Å². The zero-order valence-corrected chi connectivity index (χ0v) is 8.12. The molecule has 2 rings (SSSR count). The monoisotopic (exact) mass is 193 g/mol. The van der Waals surface area contributed by atoms with E-state index in [2.05, 4.69) is 15.3 Å². The molecule has 0 aromatic carbocycles. The van der Waals surface area contributed by atoms with Gasteiger partial charge in [0.2, 0.25) is 0 Å². The Morgan fingerprint density at radius 3 is 3.14 bits per heavy atom. The van der Waals surface area contributed by atoms with Crippen LogP contribution in [0.2, 0.25) is 0 Å². The summed E-state index contributed by atoms with van der Waals surface area (Å²) >= 11 is 0. The lowest BCUT2D eigenvalue weighted by molar-refractivity contribution is 0.396. The number of piperidine rings is 1. The van der Waals surface area contributed by atoms with Gasteiger partial charge in [-0.05, 0) is 25.5 Å². The van der Waals surface area contributed by atoms with Crippen molar-refractivity contribution in [1.29, 1.82) is 0 Å². The number of nitrogens with one attached hydrogen (secondary N) is 2. The molecule has 14 heavy (non-hydrogen) atoms. The third-order valence-corrected chi connectivity index (χ3v) is 2.61. The molecule has 1 aromatic rings. The minimum Gasteiger partial charge on any atom is -0.314 e. The number of nitrogens with zero attached hydrogens (tertiary/aromatic N) is 1. The van der Waals surface area contributed by atoms with E-state index in [-0.39, 0.29) is 5.69 Å². The molecule has 76 valence electrons. The maximum atomic E-state index is 10.9. The van der Waals surface area contributed by atoms with E-state index in [0.29, 0.717) is 6.04 Å². The highest BCUT2D eigenvalue weighted by molar-refractivity contribution is 5.01. The summed E-state index contributed by atoms with van der Waals surface area (Å²) in [6.45, 7) is 1.10. The van der Waals surface area contributed by atoms with Crippen molar-refractivity contribution >= 4 is 0 Å². The van der Waals surface area contributed by atoms with Crippen LogP contribution >= 0.6 is 0 Å². The maximum Gasteiger partial charge on any atom is 0.345 e. The molecular weight excluding hydrogens is 178 g/mol. The van der Waals surface area contributed by atoms with Crippen molar-refractivity contribution in [1.82, 2.24) is 15.3 Å². The van der Waals surface area contributed by atoms with Crippen molar-refractivity contribution in [3.05, 3.63) is 28.4 Å². The number of hydrogen-bond donors (Lipinski definition) is 2. The summed E-state index contributed by atoms with van der Waals surface area (Å²) in [5, 5.41) is 3.44. The van der Waals surface area contributed by atoms with Crippen molar-refractivity contribution in [3.8, 4) is 0 Å². The Balaban J connectivity index is 1.99. The SMILES string of the molecule is O=c1nccc(CC2CCCCN2)[nH]1. The third kappa shape index (κ3) is 2.42. The van der Waals surface area contributed by atoms with E-state index in [1.54, 1.807) is 6.20 Å². The summed E-state index contributed by atoms with van der Waals surface area (Å²) in [6, 6.07) is 2.39. The van der Waals surface area contributed by atoms with Gasteiger partial charge in [-0.1, -0.05) is 6.42 Å². The van der Waals surface area contributed by atoms with Gasteiger partial charge in [0, 0.05) is 24.4 Å². The van der Waals surface area contributed by atoms with E-state index >= 15 is 0 Å². The first-order valence-electron chi connectivity index (χ1n) is 5.12. The Bertz CT molecular complexity index is 341. The summed E-state index contributed by atoms with van der Waals surface area (Å²) in [6.07, 6.45) is 6.22. The molecule has 0 bridgehead atoms. The molecule has 1 aliphatic rings. The number of aromatic nitrogens is 2. The van der Waals surface area contributed by atoms with Crippen molar-refractivity contribution < 1.29 is 0 Å². The van der Waals surface area contributed by atoms with E-state index in [0.717, 1.165) is 18.7 Å². The van der Waals surface area contributed by atoms with E-state index < -0.39 is 0 Å². The minimum absolute atomic E-state index is 0.252. The second-order valence-corrected chi connectivity index (χ2v) is 3.75. The van der Waals surface area contributed by atoms with E-state index in [9.17, 15) is 4.79 Å². The smallest absolute Gasteiger partial charge is 0.314 e. The summed E-state index contributed by atoms with van der Waals surface area (Å²) < 4.78 is 0. The number of rotatable bonds is 2. The van der Waals surface area contributed by atoms with Crippen LogP contribution in [0.3, 0.4) is 0 Å². The van der Waals surface area contributed by atoms with Crippen LogP contribution in [0.5, 0.6) is 0 Å². The largest absolute Gasteiger partial charge is 0.345 e. The average Bonchev–Trinajstić information content (AvgIpc) is 2.19. The van der Waals surface area contributed by atoms with Gasteiger partial charge < -0.3 is 10.3 Å². The molecule has 1 saturated heterocycles. The van der Waals surface area contributed by atoms with Crippen LogP contribution in [-0.2, 0) is 6.42 Å². The lowest BCUT2D eigenvalue weighted by Gasteiger charge is -2.23. The predicted octanol–water partition coefficient (Wildman–Crippen LogP) is 0.454. The molecule has 1 aliphatic heterocycles. The zero-order valence-electron chi connectivity index (χ0n) is 8.12. The standard InChI is InChI=1S/C10H15N3O/c14-10-12-6-4-9(13-10)7-8-3-1-2-5-11-8/h4,6,8,11H,1-3,5,7H2,(H,12,13,14). The highest BCUT2D eigenvalue weighted by Gasteiger charge is 2.12. The molecule has 1 aromatic heterocycles. The fourth-order valence-corrected chi connectivity index (χ4v) is 1.89. The van der Waals surface area contributed by atoms with Crippen molar-refractivity contribution in [2.75, 3.05) is 6.54 Å². The Labute approximate surface area is 82.8 Å². The van der Waals surface area contributed by atoms with Crippen LogP contribution in [-0.4, -0.2) is 22.6 Å². The molecule has 0 radical (unpaired) electrons. The van der Waals surface area contributed by atoms with Crippen LogP contribution in [0.25, 0.3) is 0 Å². The molecule has 1 atom stereocenters. The Kier molecular flexibility index (Phi) is 2.93. The fourth-order valence-electron chi connectivity index (χ4n) is 1.89. The first-order chi connectivity index (χ1) is 6.84. The van der Waals surface area contributed by atoms with Gasteiger partial charge in [0.25, 0.3) is 0 Å². The molecule has 2 N–H and O–H groups in total. The molecule has 2 heterocycles. The Morgan fingerprint density at radius 2 is 2.43 bits per heavy atom. The lowest BCUT2D eigenvalue weighted by Crippen LogP contribution is -2.36. The van der Waals surface area contributed by atoms with Crippen molar-refractivity contribution in [2.45, 2.75) is 31.7 Å². The zero-order chi connectivity index (χ0) is 9.80. The molecule has 4 heteroatoms. The normalized spacial score (nSPS) is 22.1. The van der Waals surface area contributed by atoms with Crippen LogP contribution in [0.1, 0.15) is 25.0 Å². The maximum absolute atomic E-state index is 10.9. The van der Waals surface area contributed by atoms with Crippen LogP contribution in [0.15, 0.2) is 17.1 Å². The fraction of sp³-hybridized carbons (Fsp3) is 0.600. The van der Waals surface area contributed by atoms with Crippen LogP contribution < -0.4 is 11.0 Å². The van der Waals surface area contributed by atoms with Gasteiger partial charge in [0.15, 0.2) is 0 Å². The first kappa shape index (κ1) is 9.40. The summed E-state index contributed by atoms with van der Waals surface area (Å²) in [7, 11) is 0. The third-order valence-electron chi connectivity index (χ3n) is 2.61. The van der Waals surface area contributed by atoms with E-state index in [1.807, 2.05) is 6.07 Å². The minimum atomic E-state index is -0.252.